The van der Waals surface area contributed by atoms with Gasteiger partial charge in [0.25, 0.3) is 0 Å². The number of hydrogen-bond donors (Lipinski definition) is 1. The van der Waals surface area contributed by atoms with Crippen molar-refractivity contribution in [3.63, 3.8) is 0 Å². The minimum absolute atomic E-state index is 0. The molecule has 1 rings (SSSR count). The molecule has 0 unspecified atom stereocenters. The third-order valence-corrected chi connectivity index (χ3v) is 2.93. The zero-order valence-electron chi connectivity index (χ0n) is 11.3. The van der Waals surface area contributed by atoms with Crippen LogP contribution in [-0.4, -0.2) is 43.4 Å². The summed E-state index contributed by atoms with van der Waals surface area (Å²) in [7, 11) is 4.43. The molecule has 2 nitrogen and oxygen atoms in total. The summed E-state index contributed by atoms with van der Waals surface area (Å²) in [6.07, 6.45) is 6.36. The molecule has 0 fully saturated rings. The number of aliphatic hydroxyl groups excluding tert-OH is 1. The maximum Gasteiger partial charge on any atom is 0.0817 e. The Morgan fingerprint density at radius 2 is 1.78 bits per heavy atom. The van der Waals surface area contributed by atoms with E-state index in [9.17, 15) is 0 Å². The van der Waals surface area contributed by atoms with Gasteiger partial charge in [0, 0.05) is 19.4 Å². The van der Waals surface area contributed by atoms with Gasteiger partial charge < -0.3 is 22.0 Å². The van der Waals surface area contributed by atoms with E-state index in [1.807, 2.05) is 6.07 Å². The lowest BCUT2D eigenvalue weighted by Gasteiger charge is -2.29. The van der Waals surface area contributed by atoms with Crippen molar-refractivity contribution in [1.29, 1.82) is 0 Å². The molecule has 1 aromatic carbocycles. The Hall–Kier alpha value is -0.830. The Morgan fingerprint density at radius 3 is 2.39 bits per heavy atom. The normalized spacial score (nSPS) is 11.5. The summed E-state index contributed by atoms with van der Waals surface area (Å²) < 4.78 is 0.972. The van der Waals surface area contributed by atoms with Crippen molar-refractivity contribution >= 4 is 6.08 Å². The average Bonchev–Trinajstić information content (AvgIpc) is 2.34. The van der Waals surface area contributed by atoms with Gasteiger partial charge in [-0.1, -0.05) is 42.5 Å². The van der Waals surface area contributed by atoms with Gasteiger partial charge in [-0.25, -0.2) is 0 Å². The van der Waals surface area contributed by atoms with E-state index in [4.69, 9.17) is 5.11 Å². The van der Waals surface area contributed by atoms with Gasteiger partial charge in [-0.3, -0.25) is 0 Å². The van der Waals surface area contributed by atoms with E-state index in [2.05, 4.69) is 50.5 Å². The van der Waals surface area contributed by atoms with Crippen LogP contribution in [-0.2, 0) is 0 Å². The van der Waals surface area contributed by atoms with Gasteiger partial charge in [-0.15, -0.1) is 0 Å². The number of benzene rings is 1. The number of aliphatic hydroxyl groups is 1. The first-order chi connectivity index (χ1) is 8.14. The lowest BCUT2D eigenvalue weighted by molar-refractivity contribution is -0.890. The van der Waals surface area contributed by atoms with Crippen LogP contribution in [0.5, 0.6) is 0 Å². The Kier molecular flexibility index (Phi) is 8.73. The van der Waals surface area contributed by atoms with Gasteiger partial charge in [0.15, 0.2) is 0 Å². The van der Waals surface area contributed by atoms with Gasteiger partial charge in [-0.05, 0) is 5.56 Å². The molecule has 0 aliphatic carbocycles. The summed E-state index contributed by atoms with van der Waals surface area (Å²) in [5, 5.41) is 8.83. The van der Waals surface area contributed by atoms with Crippen molar-refractivity contribution in [3.05, 3.63) is 42.0 Å². The summed E-state index contributed by atoms with van der Waals surface area (Å²) >= 11 is 0. The molecule has 102 valence electrons. The highest BCUT2D eigenvalue weighted by atomic mass is 35.5. The van der Waals surface area contributed by atoms with Crippen molar-refractivity contribution < 1.29 is 22.0 Å². The molecule has 0 saturated carbocycles. The number of quaternary nitrogens is 1. The molecule has 3 heteroatoms. The van der Waals surface area contributed by atoms with Crippen LogP contribution in [0.4, 0.5) is 0 Å². The van der Waals surface area contributed by atoms with Crippen LogP contribution in [0.3, 0.4) is 0 Å². The van der Waals surface area contributed by atoms with Crippen molar-refractivity contribution in [2.75, 3.05) is 33.8 Å². The summed E-state index contributed by atoms with van der Waals surface area (Å²) in [4.78, 5) is 0. The molecule has 1 aromatic rings. The molecule has 0 aliphatic rings. The molecular weight excluding hydrogens is 246 g/mol. The molecule has 0 saturated heterocycles. The van der Waals surface area contributed by atoms with E-state index in [0.29, 0.717) is 6.61 Å². The van der Waals surface area contributed by atoms with E-state index in [-0.39, 0.29) is 12.4 Å². The Balaban J connectivity index is 0.00000289. The second kappa shape index (κ2) is 9.15. The minimum atomic E-state index is 0. The maximum absolute atomic E-state index is 8.83. The standard InChI is InChI=1S/C15H24NO.ClH/c1-16(2,13-8-14-17)12-7-6-11-15-9-4-3-5-10-15;/h3-6,9-11,17H,7-8,12-14H2,1-2H3;1H/q+1;/p-1. The minimum Gasteiger partial charge on any atom is -1.00 e. The lowest BCUT2D eigenvalue weighted by atomic mass is 10.2. The van der Waals surface area contributed by atoms with Gasteiger partial charge in [0.1, 0.15) is 0 Å². The van der Waals surface area contributed by atoms with Crippen LogP contribution >= 0.6 is 0 Å². The molecule has 18 heavy (non-hydrogen) atoms. The highest BCUT2D eigenvalue weighted by molar-refractivity contribution is 5.48. The lowest BCUT2D eigenvalue weighted by Crippen LogP contribution is -3.00. The smallest absolute Gasteiger partial charge is 0.0817 e. The molecule has 0 bridgehead atoms. The first-order valence-electron chi connectivity index (χ1n) is 6.28. The largest absolute Gasteiger partial charge is 1.00 e. The fourth-order valence-electron chi connectivity index (χ4n) is 1.82. The van der Waals surface area contributed by atoms with Gasteiger partial charge in [0.05, 0.1) is 27.2 Å². The SMILES string of the molecule is C[N+](C)(CCC=Cc1ccccc1)CCCO.[Cl-]. The number of hydrogen-bond acceptors (Lipinski definition) is 1. The van der Waals surface area contributed by atoms with E-state index in [0.717, 1.165) is 30.4 Å². The van der Waals surface area contributed by atoms with E-state index < -0.39 is 0 Å². The molecule has 0 aromatic heterocycles. The van der Waals surface area contributed by atoms with Gasteiger partial charge in [0.2, 0.25) is 0 Å². The zero-order valence-corrected chi connectivity index (χ0v) is 12.1. The maximum atomic E-state index is 8.83. The van der Waals surface area contributed by atoms with E-state index >= 15 is 0 Å². The van der Waals surface area contributed by atoms with Crippen molar-refractivity contribution in [2.45, 2.75) is 12.8 Å². The Labute approximate surface area is 117 Å². The summed E-state index contributed by atoms with van der Waals surface area (Å²) in [5.41, 5.74) is 1.26. The predicted molar refractivity (Wildman–Crippen MR) is 73.6 cm³/mol. The van der Waals surface area contributed by atoms with Crippen LogP contribution in [0.25, 0.3) is 6.08 Å². The number of halogens is 1. The Morgan fingerprint density at radius 1 is 1.11 bits per heavy atom. The number of nitrogens with zero attached hydrogens (tertiary/aromatic N) is 1. The molecule has 0 aliphatic heterocycles. The van der Waals surface area contributed by atoms with Crippen LogP contribution in [0, 0.1) is 0 Å². The summed E-state index contributed by atoms with van der Waals surface area (Å²) in [5.74, 6) is 0. The second-order valence-corrected chi connectivity index (χ2v) is 5.06. The first-order valence-corrected chi connectivity index (χ1v) is 6.28. The van der Waals surface area contributed by atoms with Gasteiger partial charge >= 0.3 is 0 Å². The Bertz CT molecular complexity index is 336. The zero-order chi connectivity index (χ0) is 12.6. The fraction of sp³-hybridized carbons (Fsp3) is 0.467. The molecule has 0 atom stereocenters. The predicted octanol–water partition coefficient (Wildman–Crippen LogP) is -0.447. The quantitative estimate of drug-likeness (QED) is 0.665. The van der Waals surface area contributed by atoms with Crippen molar-refractivity contribution in [2.24, 2.45) is 0 Å². The van der Waals surface area contributed by atoms with Crippen LogP contribution in [0.15, 0.2) is 36.4 Å². The highest BCUT2D eigenvalue weighted by Crippen LogP contribution is 2.05. The van der Waals surface area contributed by atoms with Crippen LogP contribution < -0.4 is 12.4 Å². The summed E-state index contributed by atoms with van der Waals surface area (Å²) in [6.45, 7) is 2.44. The van der Waals surface area contributed by atoms with E-state index in [1.165, 1.54) is 5.56 Å². The number of rotatable bonds is 7. The van der Waals surface area contributed by atoms with Gasteiger partial charge in [-0.2, -0.15) is 0 Å². The van der Waals surface area contributed by atoms with Crippen LogP contribution in [0.1, 0.15) is 18.4 Å². The third-order valence-electron chi connectivity index (χ3n) is 2.93. The molecule has 1 N–H and O–H groups in total. The third kappa shape index (κ3) is 7.49. The van der Waals surface area contributed by atoms with E-state index in [1.54, 1.807) is 0 Å². The fourth-order valence-corrected chi connectivity index (χ4v) is 1.82. The second-order valence-electron chi connectivity index (χ2n) is 5.06. The molecule has 0 radical (unpaired) electrons. The molecule has 0 amide bonds. The summed E-state index contributed by atoms with van der Waals surface area (Å²) in [6, 6.07) is 10.4. The highest BCUT2D eigenvalue weighted by Gasteiger charge is 2.12. The first kappa shape index (κ1) is 17.2. The monoisotopic (exact) mass is 269 g/mol. The van der Waals surface area contributed by atoms with Crippen LogP contribution in [0.2, 0.25) is 0 Å². The average molecular weight is 270 g/mol. The van der Waals surface area contributed by atoms with Crippen molar-refractivity contribution in [3.8, 4) is 0 Å². The topological polar surface area (TPSA) is 20.2 Å². The molecule has 0 heterocycles. The molecule has 0 spiro atoms. The molecular formula is C15H24ClNO. The van der Waals surface area contributed by atoms with Crippen molar-refractivity contribution in [1.82, 2.24) is 0 Å².